The molecule has 0 aliphatic carbocycles. The summed E-state index contributed by atoms with van der Waals surface area (Å²) >= 11 is 0. The topological polar surface area (TPSA) is 81.3 Å². The van der Waals surface area contributed by atoms with Gasteiger partial charge in [-0.25, -0.2) is 9.59 Å². The standard InChI is InChI=1S/C28H24N2O5/c1-3-34-27(31)19-11-9-18(10-12-19)25-17-24(29-30(25)21-7-5-4-6-8-21)23-16-20-15-22(33-2)13-14-26(20)35-28(23)32/h4-16,25H,3,17H2,1-2H3. The summed E-state index contributed by atoms with van der Waals surface area (Å²) in [5.74, 6) is 0.322. The van der Waals surface area contributed by atoms with Gasteiger partial charge in [0.25, 0.3) is 0 Å². The number of carbonyl (C=O) groups is 1. The number of para-hydroxylation sites is 1. The van der Waals surface area contributed by atoms with Crippen LogP contribution in [0, 0.1) is 0 Å². The Hall–Kier alpha value is -4.39. The SMILES string of the molecule is CCOC(=O)c1ccc(C2CC(c3cc4cc(OC)ccc4oc3=O)=NN2c2ccccc2)cc1. The van der Waals surface area contributed by atoms with E-state index in [1.165, 1.54) is 0 Å². The van der Waals surface area contributed by atoms with Crippen LogP contribution in [0.4, 0.5) is 5.69 Å². The third-order valence-corrected chi connectivity index (χ3v) is 5.99. The largest absolute Gasteiger partial charge is 0.497 e. The Kier molecular flexibility index (Phi) is 6.06. The molecule has 4 aromatic rings. The van der Waals surface area contributed by atoms with Crippen molar-refractivity contribution in [1.29, 1.82) is 0 Å². The number of hydrogen-bond donors (Lipinski definition) is 0. The van der Waals surface area contributed by atoms with Crippen molar-refractivity contribution < 1.29 is 18.7 Å². The fourth-order valence-electron chi connectivity index (χ4n) is 4.24. The van der Waals surface area contributed by atoms with Gasteiger partial charge in [-0.05, 0) is 61.0 Å². The summed E-state index contributed by atoms with van der Waals surface area (Å²) in [5.41, 5.74) is 3.45. The number of anilines is 1. The summed E-state index contributed by atoms with van der Waals surface area (Å²) in [7, 11) is 1.60. The van der Waals surface area contributed by atoms with Gasteiger partial charge in [-0.3, -0.25) is 5.01 Å². The normalized spacial score (nSPS) is 15.2. The summed E-state index contributed by atoms with van der Waals surface area (Å²) in [4.78, 5) is 25.0. The average molecular weight is 469 g/mol. The van der Waals surface area contributed by atoms with Crippen LogP contribution in [0.1, 0.15) is 40.9 Å². The van der Waals surface area contributed by atoms with E-state index >= 15 is 0 Å². The van der Waals surface area contributed by atoms with Gasteiger partial charge in [0, 0.05) is 11.8 Å². The van der Waals surface area contributed by atoms with Crippen molar-refractivity contribution in [2.75, 3.05) is 18.7 Å². The van der Waals surface area contributed by atoms with Crippen LogP contribution in [-0.2, 0) is 4.74 Å². The molecule has 35 heavy (non-hydrogen) atoms. The van der Waals surface area contributed by atoms with E-state index in [0.29, 0.717) is 41.2 Å². The van der Waals surface area contributed by atoms with Crippen LogP contribution in [0.25, 0.3) is 11.0 Å². The van der Waals surface area contributed by atoms with Gasteiger partial charge in [0.2, 0.25) is 0 Å². The predicted octanol–water partition coefficient (Wildman–Crippen LogP) is 5.33. The summed E-state index contributed by atoms with van der Waals surface area (Å²) in [6, 6.07) is 24.0. The van der Waals surface area contributed by atoms with Gasteiger partial charge in [-0.2, -0.15) is 5.10 Å². The van der Waals surface area contributed by atoms with Crippen LogP contribution in [0.5, 0.6) is 5.75 Å². The first kappa shape index (κ1) is 22.4. The first-order chi connectivity index (χ1) is 17.1. The molecule has 0 spiro atoms. The quantitative estimate of drug-likeness (QED) is 0.281. The van der Waals surface area contributed by atoms with Gasteiger partial charge in [0.05, 0.1) is 42.3 Å². The Morgan fingerprint density at radius 2 is 1.83 bits per heavy atom. The molecular formula is C28H24N2O5. The minimum Gasteiger partial charge on any atom is -0.497 e. The summed E-state index contributed by atoms with van der Waals surface area (Å²) in [6.07, 6.45) is 0.494. The molecule has 0 fully saturated rings. The molecule has 7 nitrogen and oxygen atoms in total. The maximum absolute atomic E-state index is 12.9. The smallest absolute Gasteiger partial charge is 0.345 e. The molecule has 1 aliphatic rings. The van der Waals surface area contributed by atoms with Crippen LogP contribution in [-0.4, -0.2) is 25.4 Å². The number of fused-ring (bicyclic) bond motifs is 1. The van der Waals surface area contributed by atoms with Crippen molar-refractivity contribution in [2.45, 2.75) is 19.4 Å². The monoisotopic (exact) mass is 468 g/mol. The second kappa shape index (κ2) is 9.46. The minimum atomic E-state index is -0.437. The molecule has 1 unspecified atom stereocenters. The molecule has 176 valence electrons. The minimum absolute atomic E-state index is 0.163. The van der Waals surface area contributed by atoms with Crippen LogP contribution < -0.4 is 15.4 Å². The molecule has 2 heterocycles. The van der Waals surface area contributed by atoms with Gasteiger partial charge >= 0.3 is 11.6 Å². The predicted molar refractivity (Wildman–Crippen MR) is 134 cm³/mol. The van der Waals surface area contributed by atoms with Crippen molar-refractivity contribution in [3.63, 3.8) is 0 Å². The number of benzene rings is 3. The van der Waals surface area contributed by atoms with E-state index in [1.54, 1.807) is 44.4 Å². The molecule has 5 rings (SSSR count). The van der Waals surface area contributed by atoms with E-state index in [2.05, 4.69) is 0 Å². The first-order valence-corrected chi connectivity index (χ1v) is 11.4. The molecule has 0 saturated heterocycles. The van der Waals surface area contributed by atoms with Crippen LogP contribution in [0.15, 0.2) is 93.2 Å². The number of methoxy groups -OCH3 is 1. The zero-order chi connectivity index (χ0) is 24.4. The molecule has 0 bridgehead atoms. The van der Waals surface area contributed by atoms with Crippen molar-refractivity contribution in [1.82, 2.24) is 0 Å². The molecule has 0 radical (unpaired) electrons. The van der Waals surface area contributed by atoms with Crippen molar-refractivity contribution in [3.05, 3.63) is 106 Å². The molecule has 1 aliphatic heterocycles. The van der Waals surface area contributed by atoms with E-state index in [4.69, 9.17) is 19.0 Å². The lowest BCUT2D eigenvalue weighted by molar-refractivity contribution is 0.0526. The van der Waals surface area contributed by atoms with E-state index < -0.39 is 5.63 Å². The molecule has 1 atom stereocenters. The number of ether oxygens (including phenoxy) is 2. The maximum atomic E-state index is 12.9. The molecule has 0 saturated carbocycles. The van der Waals surface area contributed by atoms with Crippen molar-refractivity contribution >= 4 is 28.3 Å². The first-order valence-electron chi connectivity index (χ1n) is 11.4. The Morgan fingerprint density at radius 1 is 1.06 bits per heavy atom. The number of esters is 1. The highest BCUT2D eigenvalue weighted by Crippen LogP contribution is 2.36. The van der Waals surface area contributed by atoms with Gasteiger partial charge in [0.1, 0.15) is 11.3 Å². The van der Waals surface area contributed by atoms with Gasteiger partial charge in [0.15, 0.2) is 0 Å². The Balaban J connectivity index is 1.54. The number of rotatable bonds is 6. The zero-order valence-corrected chi connectivity index (χ0v) is 19.4. The van der Waals surface area contributed by atoms with E-state index in [-0.39, 0.29) is 12.0 Å². The van der Waals surface area contributed by atoms with Gasteiger partial charge < -0.3 is 13.9 Å². The highest BCUT2D eigenvalue weighted by Gasteiger charge is 2.31. The summed E-state index contributed by atoms with van der Waals surface area (Å²) in [6.45, 7) is 2.10. The second-order valence-corrected chi connectivity index (χ2v) is 8.14. The Morgan fingerprint density at radius 3 is 2.54 bits per heavy atom. The fraction of sp³-hybridized carbons (Fsp3) is 0.179. The zero-order valence-electron chi connectivity index (χ0n) is 19.4. The molecule has 3 aromatic carbocycles. The molecule has 0 amide bonds. The number of hydrazone groups is 1. The molecular weight excluding hydrogens is 444 g/mol. The lowest BCUT2D eigenvalue weighted by Crippen LogP contribution is -2.18. The summed E-state index contributed by atoms with van der Waals surface area (Å²) < 4.78 is 16.0. The summed E-state index contributed by atoms with van der Waals surface area (Å²) in [5, 5.41) is 7.52. The highest BCUT2D eigenvalue weighted by atomic mass is 16.5. The van der Waals surface area contributed by atoms with Gasteiger partial charge in [-0.15, -0.1) is 0 Å². The van der Waals surface area contributed by atoms with Crippen molar-refractivity contribution in [3.8, 4) is 5.75 Å². The van der Waals surface area contributed by atoms with Gasteiger partial charge in [-0.1, -0.05) is 30.3 Å². The fourth-order valence-corrected chi connectivity index (χ4v) is 4.24. The Labute approximate surface area is 202 Å². The van der Waals surface area contributed by atoms with E-state index in [9.17, 15) is 9.59 Å². The van der Waals surface area contributed by atoms with Crippen LogP contribution >= 0.6 is 0 Å². The lowest BCUT2D eigenvalue weighted by atomic mass is 9.97. The third kappa shape index (κ3) is 4.40. The van der Waals surface area contributed by atoms with Crippen molar-refractivity contribution in [2.24, 2.45) is 5.10 Å². The molecule has 7 heteroatoms. The maximum Gasteiger partial charge on any atom is 0.345 e. The lowest BCUT2D eigenvalue weighted by Gasteiger charge is -2.24. The number of carbonyl (C=O) groups excluding carboxylic acids is 1. The second-order valence-electron chi connectivity index (χ2n) is 8.14. The number of hydrogen-bond acceptors (Lipinski definition) is 7. The Bertz CT molecular complexity index is 1460. The van der Waals surface area contributed by atoms with Crippen LogP contribution in [0.2, 0.25) is 0 Å². The van der Waals surface area contributed by atoms with Crippen LogP contribution in [0.3, 0.4) is 0 Å². The van der Waals surface area contributed by atoms with E-state index in [0.717, 1.165) is 16.6 Å². The highest BCUT2D eigenvalue weighted by molar-refractivity contribution is 6.04. The third-order valence-electron chi connectivity index (χ3n) is 5.99. The number of nitrogens with zero attached hydrogens (tertiary/aromatic N) is 2. The molecule has 1 aromatic heterocycles. The van der Waals surface area contributed by atoms with E-state index in [1.807, 2.05) is 53.5 Å². The average Bonchev–Trinajstić information content (AvgIpc) is 3.34. The molecule has 0 N–H and O–H groups in total.